The van der Waals surface area contributed by atoms with Gasteiger partial charge in [-0.15, -0.1) is 0 Å². The molecule has 0 saturated heterocycles. The molecular weight excluding hydrogens is 312 g/mol. The van der Waals surface area contributed by atoms with Crippen molar-refractivity contribution in [1.29, 1.82) is 0 Å². The number of likely N-dealkylation sites (N-methyl/N-ethyl adjacent to an activating group) is 1. The number of benzene rings is 1. The number of ether oxygens (including phenoxy) is 1. The van der Waals surface area contributed by atoms with Crippen LogP contribution in [0.1, 0.15) is 32.3 Å². The van der Waals surface area contributed by atoms with E-state index in [9.17, 15) is 0 Å². The lowest BCUT2D eigenvalue weighted by atomic mass is 10.2. The number of hydrogen-bond donors (Lipinski definition) is 2. The molecule has 25 heavy (non-hydrogen) atoms. The van der Waals surface area contributed by atoms with Crippen LogP contribution < -0.4 is 10.6 Å². The van der Waals surface area contributed by atoms with Gasteiger partial charge in [0, 0.05) is 32.7 Å². The van der Waals surface area contributed by atoms with Gasteiger partial charge in [0.1, 0.15) is 0 Å². The van der Waals surface area contributed by atoms with Crippen LogP contribution in [0.25, 0.3) is 0 Å². The summed E-state index contributed by atoms with van der Waals surface area (Å²) in [6.45, 7) is 9.85. The van der Waals surface area contributed by atoms with Crippen LogP contribution in [0.5, 0.6) is 0 Å². The Morgan fingerprint density at radius 3 is 2.68 bits per heavy atom. The molecule has 1 saturated carbocycles. The number of hydrogen-bond acceptors (Lipinski definition) is 3. The van der Waals surface area contributed by atoms with E-state index < -0.39 is 0 Å². The summed E-state index contributed by atoms with van der Waals surface area (Å²) in [5.41, 5.74) is 1.22. The zero-order valence-corrected chi connectivity index (χ0v) is 16.0. The quantitative estimate of drug-likeness (QED) is 0.477. The first-order chi connectivity index (χ1) is 12.2. The van der Waals surface area contributed by atoms with Gasteiger partial charge in [0.05, 0.1) is 13.2 Å². The number of guanidine groups is 1. The molecule has 0 amide bonds. The minimum absolute atomic E-state index is 0.431. The molecule has 1 aliphatic rings. The maximum absolute atomic E-state index is 5.80. The molecule has 1 atom stereocenters. The Morgan fingerprint density at radius 1 is 1.28 bits per heavy atom. The van der Waals surface area contributed by atoms with Crippen LogP contribution in [-0.4, -0.2) is 56.7 Å². The normalized spacial score (nSPS) is 16.1. The molecule has 140 valence electrons. The Labute approximate surface area is 152 Å². The fourth-order valence-electron chi connectivity index (χ4n) is 2.86. The molecule has 0 bridgehead atoms. The third-order valence-corrected chi connectivity index (χ3v) is 4.52. The van der Waals surface area contributed by atoms with Crippen molar-refractivity contribution in [3.8, 4) is 0 Å². The van der Waals surface area contributed by atoms with Crippen molar-refractivity contribution in [3.63, 3.8) is 0 Å². The van der Waals surface area contributed by atoms with E-state index in [1.165, 1.54) is 18.4 Å². The van der Waals surface area contributed by atoms with Gasteiger partial charge in [-0.3, -0.25) is 9.89 Å². The summed E-state index contributed by atoms with van der Waals surface area (Å²) in [5, 5.41) is 6.81. The van der Waals surface area contributed by atoms with Gasteiger partial charge >= 0.3 is 0 Å². The predicted molar refractivity (Wildman–Crippen MR) is 105 cm³/mol. The van der Waals surface area contributed by atoms with Gasteiger partial charge in [0.15, 0.2) is 5.96 Å². The lowest BCUT2D eigenvalue weighted by molar-refractivity contribution is 0.0931. The van der Waals surface area contributed by atoms with Gasteiger partial charge in [0.2, 0.25) is 0 Å². The summed E-state index contributed by atoms with van der Waals surface area (Å²) in [6, 6.07) is 11.1. The van der Waals surface area contributed by atoms with Crippen LogP contribution >= 0.6 is 0 Å². The van der Waals surface area contributed by atoms with Gasteiger partial charge in [-0.1, -0.05) is 44.2 Å². The molecule has 2 rings (SSSR count). The molecular formula is C20H34N4O. The van der Waals surface area contributed by atoms with Crippen LogP contribution in [0, 0.1) is 5.92 Å². The minimum atomic E-state index is 0.431. The molecule has 0 radical (unpaired) electrons. The molecule has 1 unspecified atom stereocenters. The molecule has 1 aromatic rings. The van der Waals surface area contributed by atoms with Crippen molar-refractivity contribution in [2.75, 3.05) is 39.8 Å². The van der Waals surface area contributed by atoms with E-state index in [0.717, 1.165) is 44.8 Å². The summed E-state index contributed by atoms with van der Waals surface area (Å²) in [4.78, 5) is 6.85. The van der Waals surface area contributed by atoms with Crippen molar-refractivity contribution in [2.45, 2.75) is 39.3 Å². The Kier molecular flexibility index (Phi) is 8.77. The number of nitrogens with zero attached hydrogens (tertiary/aromatic N) is 2. The van der Waals surface area contributed by atoms with E-state index in [-0.39, 0.29) is 0 Å². The van der Waals surface area contributed by atoms with E-state index in [1.54, 1.807) is 0 Å². The second kappa shape index (κ2) is 11.1. The first-order valence-electron chi connectivity index (χ1n) is 9.53. The molecule has 5 nitrogen and oxygen atoms in total. The Morgan fingerprint density at radius 2 is 2.04 bits per heavy atom. The van der Waals surface area contributed by atoms with Crippen LogP contribution in [0.2, 0.25) is 0 Å². The minimum Gasteiger partial charge on any atom is -0.376 e. The first-order valence-corrected chi connectivity index (χ1v) is 9.53. The Balaban J connectivity index is 1.56. The highest BCUT2D eigenvalue weighted by atomic mass is 16.5. The standard InChI is InChI=1S/C20H34N4O/c1-4-24(19-10-11-19)13-12-22-20(21-3)23-14-17(2)15-25-16-18-8-6-5-7-9-18/h5-9,17,19H,4,10-16H2,1-3H3,(H2,21,22,23). The van der Waals surface area contributed by atoms with Gasteiger partial charge in [0.25, 0.3) is 0 Å². The van der Waals surface area contributed by atoms with E-state index in [0.29, 0.717) is 12.5 Å². The first kappa shape index (κ1) is 19.7. The summed E-state index contributed by atoms with van der Waals surface area (Å²) in [5.74, 6) is 1.31. The molecule has 1 aromatic carbocycles. The molecule has 0 aromatic heterocycles. The van der Waals surface area contributed by atoms with Crippen molar-refractivity contribution in [1.82, 2.24) is 15.5 Å². The summed E-state index contributed by atoms with van der Waals surface area (Å²) >= 11 is 0. The van der Waals surface area contributed by atoms with E-state index >= 15 is 0 Å². The van der Waals surface area contributed by atoms with Gasteiger partial charge in [-0.25, -0.2) is 0 Å². The topological polar surface area (TPSA) is 48.9 Å². The highest BCUT2D eigenvalue weighted by Gasteiger charge is 2.27. The second-order valence-corrected chi connectivity index (χ2v) is 6.85. The highest BCUT2D eigenvalue weighted by Crippen LogP contribution is 2.25. The smallest absolute Gasteiger partial charge is 0.191 e. The second-order valence-electron chi connectivity index (χ2n) is 6.85. The average molecular weight is 347 g/mol. The third kappa shape index (κ3) is 7.88. The predicted octanol–water partition coefficient (Wildman–Crippen LogP) is 2.49. The van der Waals surface area contributed by atoms with Crippen molar-refractivity contribution in [2.24, 2.45) is 10.9 Å². The van der Waals surface area contributed by atoms with Crippen molar-refractivity contribution < 1.29 is 4.74 Å². The lowest BCUT2D eigenvalue weighted by Crippen LogP contribution is -2.43. The van der Waals surface area contributed by atoms with Crippen molar-refractivity contribution in [3.05, 3.63) is 35.9 Å². The summed E-state index contributed by atoms with van der Waals surface area (Å²) in [6.07, 6.45) is 2.72. The van der Waals surface area contributed by atoms with E-state index in [2.05, 4.69) is 46.5 Å². The molecule has 5 heteroatoms. The lowest BCUT2D eigenvalue weighted by Gasteiger charge is -2.21. The maximum atomic E-state index is 5.80. The Hall–Kier alpha value is -1.59. The zero-order valence-electron chi connectivity index (χ0n) is 16.0. The van der Waals surface area contributed by atoms with E-state index in [1.807, 2.05) is 25.2 Å². The largest absolute Gasteiger partial charge is 0.376 e. The fourth-order valence-corrected chi connectivity index (χ4v) is 2.86. The van der Waals surface area contributed by atoms with Crippen LogP contribution in [0.15, 0.2) is 35.3 Å². The van der Waals surface area contributed by atoms with Crippen LogP contribution in [0.3, 0.4) is 0 Å². The number of rotatable bonds is 11. The molecule has 0 aliphatic heterocycles. The van der Waals surface area contributed by atoms with Crippen molar-refractivity contribution >= 4 is 5.96 Å². The molecule has 1 fully saturated rings. The van der Waals surface area contributed by atoms with Gasteiger partial charge < -0.3 is 15.4 Å². The van der Waals surface area contributed by atoms with Crippen LogP contribution in [0.4, 0.5) is 0 Å². The number of nitrogens with one attached hydrogen (secondary N) is 2. The SMILES string of the molecule is CCN(CCNC(=NC)NCC(C)COCc1ccccc1)C1CC1. The summed E-state index contributed by atoms with van der Waals surface area (Å²) < 4.78 is 5.80. The van der Waals surface area contributed by atoms with Gasteiger partial charge in [-0.2, -0.15) is 0 Å². The molecule has 0 heterocycles. The van der Waals surface area contributed by atoms with Gasteiger partial charge in [-0.05, 0) is 30.9 Å². The maximum Gasteiger partial charge on any atom is 0.191 e. The van der Waals surface area contributed by atoms with Crippen LogP contribution in [-0.2, 0) is 11.3 Å². The molecule has 0 spiro atoms. The third-order valence-electron chi connectivity index (χ3n) is 4.52. The highest BCUT2D eigenvalue weighted by molar-refractivity contribution is 5.79. The average Bonchev–Trinajstić information content (AvgIpc) is 3.47. The Bertz CT molecular complexity index is 502. The summed E-state index contributed by atoms with van der Waals surface area (Å²) in [7, 11) is 1.82. The fraction of sp³-hybridized carbons (Fsp3) is 0.650. The monoisotopic (exact) mass is 346 g/mol. The molecule has 2 N–H and O–H groups in total. The molecule has 1 aliphatic carbocycles. The zero-order chi connectivity index (χ0) is 17.9. The number of aliphatic imine (C=N–C) groups is 1. The van der Waals surface area contributed by atoms with E-state index in [4.69, 9.17) is 4.74 Å².